The number of halogens is 2. The summed E-state index contributed by atoms with van der Waals surface area (Å²) in [6.45, 7) is 3.87. The van der Waals surface area contributed by atoms with Gasteiger partial charge in [0.2, 0.25) is 0 Å². The third-order valence-corrected chi connectivity index (χ3v) is 3.35. The second-order valence-electron chi connectivity index (χ2n) is 4.28. The lowest BCUT2D eigenvalue weighted by atomic mass is 10.0. The molecule has 1 aromatic carbocycles. The van der Waals surface area contributed by atoms with Crippen LogP contribution in [-0.2, 0) is 0 Å². The van der Waals surface area contributed by atoms with Gasteiger partial charge in [-0.3, -0.25) is 4.98 Å². The van der Waals surface area contributed by atoms with E-state index in [-0.39, 0.29) is 0 Å². The van der Waals surface area contributed by atoms with Gasteiger partial charge in [0.15, 0.2) is 0 Å². The van der Waals surface area contributed by atoms with Crippen molar-refractivity contribution in [3.8, 4) is 0 Å². The Morgan fingerprint density at radius 3 is 2.56 bits per heavy atom. The van der Waals surface area contributed by atoms with E-state index in [4.69, 9.17) is 23.2 Å². The maximum Gasteiger partial charge on any atom is 0.123 e. The zero-order valence-electron chi connectivity index (χ0n) is 10.1. The van der Waals surface area contributed by atoms with Crippen LogP contribution >= 0.6 is 23.2 Å². The lowest BCUT2D eigenvalue weighted by molar-refractivity contribution is 0.214. The normalized spacial score (nSPS) is 12.5. The Morgan fingerprint density at radius 2 is 1.89 bits per heavy atom. The molecule has 1 aromatic heterocycles. The molecule has 1 unspecified atom stereocenters. The van der Waals surface area contributed by atoms with Crippen molar-refractivity contribution >= 4 is 23.2 Å². The summed E-state index contributed by atoms with van der Waals surface area (Å²) in [5.41, 5.74) is 3.16. The molecule has 0 aliphatic heterocycles. The second-order valence-corrected chi connectivity index (χ2v) is 5.13. The minimum absolute atomic E-state index is 0.480. The van der Waals surface area contributed by atoms with E-state index in [9.17, 15) is 5.11 Å². The Morgan fingerprint density at radius 1 is 1.17 bits per heavy atom. The predicted octanol–water partition coefficient (Wildman–Crippen LogP) is 4.09. The maximum atomic E-state index is 10.4. The number of hydrogen-bond acceptors (Lipinski definition) is 2. The van der Waals surface area contributed by atoms with Crippen LogP contribution in [0.4, 0.5) is 0 Å². The summed E-state index contributed by atoms with van der Waals surface area (Å²) in [5.74, 6) is 0. The lowest BCUT2D eigenvalue weighted by Crippen LogP contribution is -2.05. The second kappa shape index (κ2) is 5.27. The quantitative estimate of drug-likeness (QED) is 0.900. The highest BCUT2D eigenvalue weighted by Crippen LogP contribution is 2.31. The number of rotatable bonds is 2. The highest BCUT2D eigenvalue weighted by Gasteiger charge is 2.17. The van der Waals surface area contributed by atoms with Gasteiger partial charge in [0.1, 0.15) is 6.10 Å². The van der Waals surface area contributed by atoms with E-state index in [2.05, 4.69) is 4.98 Å². The van der Waals surface area contributed by atoms with Crippen molar-refractivity contribution in [2.75, 3.05) is 0 Å². The van der Waals surface area contributed by atoms with Gasteiger partial charge in [0, 0.05) is 21.8 Å². The Bertz CT molecular complexity index is 584. The molecule has 0 fully saturated rings. The minimum Gasteiger partial charge on any atom is -0.382 e. The zero-order chi connectivity index (χ0) is 13.3. The predicted molar refractivity (Wildman–Crippen MR) is 74.2 cm³/mol. The lowest BCUT2D eigenvalue weighted by Gasteiger charge is -2.15. The SMILES string of the molecule is Cc1cnc(C(O)c2cc(Cl)ccc2Cl)c(C)c1. The van der Waals surface area contributed by atoms with Crippen molar-refractivity contribution in [2.24, 2.45) is 0 Å². The van der Waals surface area contributed by atoms with E-state index < -0.39 is 6.10 Å². The van der Waals surface area contributed by atoms with Gasteiger partial charge in [-0.1, -0.05) is 29.3 Å². The van der Waals surface area contributed by atoms with Crippen LogP contribution in [0.1, 0.15) is 28.5 Å². The standard InChI is InChI=1S/C14H13Cl2NO/c1-8-5-9(2)13(17-7-8)14(18)11-6-10(15)3-4-12(11)16/h3-7,14,18H,1-2H3. The molecule has 18 heavy (non-hydrogen) atoms. The van der Waals surface area contributed by atoms with E-state index in [1.54, 1.807) is 24.4 Å². The number of aromatic nitrogens is 1. The first-order valence-corrected chi connectivity index (χ1v) is 6.31. The largest absolute Gasteiger partial charge is 0.382 e. The summed E-state index contributed by atoms with van der Waals surface area (Å²) in [4.78, 5) is 4.27. The summed E-state index contributed by atoms with van der Waals surface area (Å²) in [7, 11) is 0. The van der Waals surface area contributed by atoms with Crippen molar-refractivity contribution in [1.82, 2.24) is 4.98 Å². The summed E-state index contributed by atoms with van der Waals surface area (Å²) < 4.78 is 0. The monoisotopic (exact) mass is 281 g/mol. The van der Waals surface area contributed by atoms with E-state index >= 15 is 0 Å². The van der Waals surface area contributed by atoms with Gasteiger partial charge in [-0.15, -0.1) is 0 Å². The molecule has 0 saturated heterocycles. The molecule has 94 valence electrons. The number of benzene rings is 1. The molecule has 0 bridgehead atoms. The molecule has 0 spiro atoms. The van der Waals surface area contributed by atoms with Crippen LogP contribution in [0.3, 0.4) is 0 Å². The topological polar surface area (TPSA) is 33.1 Å². The molecule has 1 atom stereocenters. The molecule has 1 heterocycles. The van der Waals surface area contributed by atoms with Gasteiger partial charge >= 0.3 is 0 Å². The number of hydrogen-bond donors (Lipinski definition) is 1. The van der Waals surface area contributed by atoms with E-state index in [0.717, 1.165) is 11.1 Å². The van der Waals surface area contributed by atoms with Gasteiger partial charge in [0.05, 0.1) is 5.69 Å². The van der Waals surface area contributed by atoms with E-state index in [1.807, 2.05) is 19.9 Å². The van der Waals surface area contributed by atoms with Crippen molar-refractivity contribution < 1.29 is 5.11 Å². The first-order valence-electron chi connectivity index (χ1n) is 5.55. The van der Waals surface area contributed by atoms with Crippen LogP contribution < -0.4 is 0 Å². The highest BCUT2D eigenvalue weighted by molar-refractivity contribution is 6.33. The van der Waals surface area contributed by atoms with Crippen molar-refractivity contribution in [3.63, 3.8) is 0 Å². The summed E-state index contributed by atoms with van der Waals surface area (Å²) in [6, 6.07) is 7.00. The molecule has 2 nitrogen and oxygen atoms in total. The maximum absolute atomic E-state index is 10.4. The molecule has 0 radical (unpaired) electrons. The molecule has 0 aliphatic rings. The molecule has 2 aromatic rings. The van der Waals surface area contributed by atoms with E-state index in [0.29, 0.717) is 21.3 Å². The van der Waals surface area contributed by atoms with Gasteiger partial charge in [-0.25, -0.2) is 0 Å². The molecular weight excluding hydrogens is 269 g/mol. The van der Waals surface area contributed by atoms with Crippen molar-refractivity contribution in [3.05, 3.63) is 62.9 Å². The average Bonchev–Trinajstić information content (AvgIpc) is 2.31. The van der Waals surface area contributed by atoms with Crippen LogP contribution in [0.25, 0.3) is 0 Å². The average molecular weight is 282 g/mol. The number of aliphatic hydroxyl groups is 1. The molecule has 2 rings (SSSR count). The fraction of sp³-hybridized carbons (Fsp3) is 0.214. The molecule has 4 heteroatoms. The first-order chi connectivity index (χ1) is 8.49. The number of aryl methyl sites for hydroxylation is 2. The molecular formula is C14H13Cl2NO. The first kappa shape index (κ1) is 13.3. The smallest absolute Gasteiger partial charge is 0.123 e. The highest BCUT2D eigenvalue weighted by atomic mass is 35.5. The van der Waals surface area contributed by atoms with Crippen LogP contribution in [-0.4, -0.2) is 10.1 Å². The molecule has 1 N–H and O–H groups in total. The summed E-state index contributed by atoms with van der Waals surface area (Å²) in [6.07, 6.45) is 0.862. The molecule has 0 aliphatic carbocycles. The van der Waals surface area contributed by atoms with Gasteiger partial charge in [0.25, 0.3) is 0 Å². The summed E-state index contributed by atoms with van der Waals surface area (Å²) in [5, 5.41) is 11.4. The Hall–Kier alpha value is -1.09. The molecule has 0 saturated carbocycles. The zero-order valence-corrected chi connectivity index (χ0v) is 11.6. The third kappa shape index (κ3) is 2.66. The van der Waals surface area contributed by atoms with Gasteiger partial charge < -0.3 is 5.11 Å². The van der Waals surface area contributed by atoms with Gasteiger partial charge in [-0.2, -0.15) is 0 Å². The van der Waals surface area contributed by atoms with Crippen LogP contribution in [0, 0.1) is 13.8 Å². The number of aliphatic hydroxyl groups excluding tert-OH is 1. The number of pyridine rings is 1. The van der Waals surface area contributed by atoms with Gasteiger partial charge in [-0.05, 0) is 43.2 Å². The minimum atomic E-state index is -0.864. The number of nitrogens with zero attached hydrogens (tertiary/aromatic N) is 1. The van der Waals surface area contributed by atoms with E-state index in [1.165, 1.54) is 0 Å². The van der Waals surface area contributed by atoms with Crippen molar-refractivity contribution in [1.29, 1.82) is 0 Å². The molecule has 0 amide bonds. The fourth-order valence-electron chi connectivity index (χ4n) is 1.88. The van der Waals surface area contributed by atoms with Crippen LogP contribution in [0.5, 0.6) is 0 Å². The summed E-state index contributed by atoms with van der Waals surface area (Å²) >= 11 is 12.0. The van der Waals surface area contributed by atoms with Crippen LogP contribution in [0.2, 0.25) is 10.0 Å². The van der Waals surface area contributed by atoms with Crippen LogP contribution in [0.15, 0.2) is 30.5 Å². The Balaban J connectivity index is 2.47. The Kier molecular flexibility index (Phi) is 3.91. The van der Waals surface area contributed by atoms with Crippen molar-refractivity contribution in [2.45, 2.75) is 20.0 Å². The Labute approximate surface area is 116 Å². The fourth-order valence-corrected chi connectivity index (χ4v) is 2.29. The third-order valence-electron chi connectivity index (χ3n) is 2.77.